The Labute approximate surface area is 142 Å². The van der Waals surface area contributed by atoms with Crippen molar-refractivity contribution in [3.8, 4) is 0 Å². The second-order valence-electron chi connectivity index (χ2n) is 6.33. The number of fused-ring (bicyclic) bond motifs is 3. The van der Waals surface area contributed by atoms with Gasteiger partial charge < -0.3 is 14.4 Å². The first-order valence-electron chi connectivity index (χ1n) is 8.17. The smallest absolute Gasteiger partial charge is 0.196 e. The Kier molecular flexibility index (Phi) is 3.01. The van der Waals surface area contributed by atoms with Gasteiger partial charge in [-0.05, 0) is 19.1 Å². The van der Waals surface area contributed by atoms with E-state index < -0.39 is 6.10 Å². The molecule has 1 saturated heterocycles. The lowest BCUT2D eigenvalue weighted by Crippen LogP contribution is -2.48. The topological polar surface area (TPSA) is 93.1 Å². The van der Waals surface area contributed by atoms with Gasteiger partial charge in [-0.1, -0.05) is 17.3 Å². The number of anilines is 1. The first kappa shape index (κ1) is 14.4. The van der Waals surface area contributed by atoms with Crippen LogP contribution < -0.4 is 4.90 Å². The number of aliphatic hydroxyl groups is 1. The maximum atomic E-state index is 9.57. The van der Waals surface area contributed by atoms with E-state index in [1.54, 1.807) is 24.1 Å². The maximum absolute atomic E-state index is 9.57. The Morgan fingerprint density at radius 2 is 2.08 bits per heavy atom. The number of aromatic nitrogens is 5. The summed E-state index contributed by atoms with van der Waals surface area (Å²) >= 11 is 0. The zero-order valence-electron chi connectivity index (χ0n) is 13.6. The summed E-state index contributed by atoms with van der Waals surface area (Å²) in [6, 6.07) is 8.07. The van der Waals surface area contributed by atoms with Crippen molar-refractivity contribution in [1.29, 1.82) is 0 Å². The van der Waals surface area contributed by atoms with Crippen LogP contribution in [0.3, 0.4) is 0 Å². The van der Waals surface area contributed by atoms with Gasteiger partial charge in [-0.25, -0.2) is 14.6 Å². The molecule has 1 fully saturated rings. The fourth-order valence-corrected chi connectivity index (χ4v) is 3.19. The normalized spacial score (nSPS) is 16.5. The number of hydrogen-bond donors (Lipinski definition) is 1. The van der Waals surface area contributed by atoms with Gasteiger partial charge in [0, 0.05) is 18.5 Å². The lowest BCUT2D eigenvalue weighted by Gasteiger charge is -2.39. The van der Waals surface area contributed by atoms with Crippen molar-refractivity contribution in [2.24, 2.45) is 0 Å². The molecule has 1 aliphatic rings. The molecule has 0 spiro atoms. The third-order valence-corrected chi connectivity index (χ3v) is 4.63. The summed E-state index contributed by atoms with van der Waals surface area (Å²) in [6.07, 6.45) is 2.76. The van der Waals surface area contributed by atoms with Gasteiger partial charge in [0.15, 0.2) is 11.4 Å². The van der Waals surface area contributed by atoms with Crippen LogP contribution in [0.5, 0.6) is 0 Å². The second-order valence-corrected chi connectivity index (χ2v) is 6.33. The first-order valence-corrected chi connectivity index (χ1v) is 8.17. The van der Waals surface area contributed by atoms with Crippen LogP contribution in [0, 0.1) is 0 Å². The van der Waals surface area contributed by atoms with E-state index in [1.165, 1.54) is 0 Å². The highest BCUT2D eigenvalue weighted by Crippen LogP contribution is 2.35. The quantitative estimate of drug-likeness (QED) is 0.612. The molecule has 1 aromatic carbocycles. The lowest BCUT2D eigenvalue weighted by molar-refractivity contribution is 0.194. The van der Waals surface area contributed by atoms with E-state index in [4.69, 9.17) is 4.42 Å². The monoisotopic (exact) mass is 336 g/mol. The van der Waals surface area contributed by atoms with Crippen LogP contribution in [-0.4, -0.2) is 43.2 Å². The highest BCUT2D eigenvalue weighted by atomic mass is 16.3. The van der Waals surface area contributed by atoms with E-state index in [9.17, 15) is 5.11 Å². The van der Waals surface area contributed by atoms with Crippen molar-refractivity contribution in [1.82, 2.24) is 25.0 Å². The molecule has 0 aliphatic carbocycles. The fourth-order valence-electron chi connectivity index (χ4n) is 3.19. The molecule has 0 radical (unpaired) electrons. The summed E-state index contributed by atoms with van der Waals surface area (Å²) in [7, 11) is 0. The number of furan rings is 1. The minimum atomic E-state index is -0.609. The minimum Gasteiger partial charge on any atom is -0.450 e. The second kappa shape index (κ2) is 5.25. The summed E-state index contributed by atoms with van der Waals surface area (Å²) < 4.78 is 7.78. The third-order valence-electron chi connectivity index (χ3n) is 4.63. The van der Waals surface area contributed by atoms with E-state index in [0.29, 0.717) is 11.3 Å². The Balaban J connectivity index is 1.45. The molecule has 0 bridgehead atoms. The molecule has 1 atom stereocenters. The SMILES string of the molecule is CC(O)c1cn(C2CN(c3ncnc4c3oc3ccccc34)C2)nn1. The van der Waals surface area contributed by atoms with E-state index in [0.717, 1.165) is 35.4 Å². The van der Waals surface area contributed by atoms with Crippen molar-refractivity contribution >= 4 is 27.9 Å². The zero-order chi connectivity index (χ0) is 17.0. The van der Waals surface area contributed by atoms with Crippen molar-refractivity contribution in [2.45, 2.75) is 19.1 Å². The number of aliphatic hydroxyl groups excluding tert-OH is 1. The van der Waals surface area contributed by atoms with E-state index in [-0.39, 0.29) is 6.04 Å². The molecule has 126 valence electrons. The summed E-state index contributed by atoms with van der Waals surface area (Å²) in [5.74, 6) is 0.799. The Morgan fingerprint density at radius 3 is 2.88 bits per heavy atom. The Hall–Kier alpha value is -3.00. The van der Waals surface area contributed by atoms with Crippen LogP contribution in [0.1, 0.15) is 24.8 Å². The van der Waals surface area contributed by atoms with Gasteiger partial charge in [0.2, 0.25) is 0 Å². The van der Waals surface area contributed by atoms with Crippen LogP contribution in [-0.2, 0) is 0 Å². The molecule has 4 aromatic rings. The molecular formula is C17H16N6O2. The summed E-state index contributed by atoms with van der Waals surface area (Å²) in [6.45, 7) is 3.19. The number of para-hydroxylation sites is 1. The molecule has 1 N–H and O–H groups in total. The number of hydrogen-bond acceptors (Lipinski definition) is 7. The zero-order valence-corrected chi connectivity index (χ0v) is 13.6. The number of nitrogens with zero attached hydrogens (tertiary/aromatic N) is 6. The van der Waals surface area contributed by atoms with E-state index >= 15 is 0 Å². The van der Waals surface area contributed by atoms with E-state index in [2.05, 4.69) is 25.2 Å². The predicted molar refractivity (Wildman–Crippen MR) is 91.2 cm³/mol. The molecule has 1 unspecified atom stereocenters. The van der Waals surface area contributed by atoms with Crippen LogP contribution in [0.15, 0.2) is 41.2 Å². The van der Waals surface area contributed by atoms with Gasteiger partial charge in [0.25, 0.3) is 0 Å². The van der Waals surface area contributed by atoms with Crippen molar-refractivity contribution in [2.75, 3.05) is 18.0 Å². The van der Waals surface area contributed by atoms with Crippen LogP contribution in [0.2, 0.25) is 0 Å². The lowest BCUT2D eigenvalue weighted by atomic mass is 10.1. The van der Waals surface area contributed by atoms with Gasteiger partial charge in [0.1, 0.15) is 23.1 Å². The highest BCUT2D eigenvalue weighted by molar-refractivity contribution is 6.05. The Bertz CT molecular complexity index is 1060. The molecule has 8 nitrogen and oxygen atoms in total. The van der Waals surface area contributed by atoms with Crippen molar-refractivity contribution < 1.29 is 9.52 Å². The fraction of sp³-hybridized carbons (Fsp3) is 0.294. The molecule has 0 amide bonds. The molecule has 4 heterocycles. The molecule has 5 rings (SSSR count). The van der Waals surface area contributed by atoms with Gasteiger partial charge in [0.05, 0.1) is 18.3 Å². The standard InChI is InChI=1S/C17H16N6O2/c1-10(24)13-8-23(21-20-13)11-6-22(7-11)17-16-15(18-9-19-17)12-4-2-3-5-14(12)25-16/h2-5,8-11,24H,6-7H2,1H3. The molecule has 1 aliphatic heterocycles. The van der Waals surface area contributed by atoms with Gasteiger partial charge in [-0.2, -0.15) is 0 Å². The average molecular weight is 336 g/mol. The summed E-state index contributed by atoms with van der Waals surface area (Å²) in [5.41, 5.74) is 2.95. The number of benzene rings is 1. The first-order chi connectivity index (χ1) is 12.2. The number of rotatable bonds is 3. The Morgan fingerprint density at radius 1 is 1.24 bits per heavy atom. The van der Waals surface area contributed by atoms with Gasteiger partial charge in [-0.15, -0.1) is 5.10 Å². The van der Waals surface area contributed by atoms with E-state index in [1.807, 2.05) is 24.3 Å². The molecule has 25 heavy (non-hydrogen) atoms. The third kappa shape index (κ3) is 2.18. The van der Waals surface area contributed by atoms with Crippen molar-refractivity contribution in [3.63, 3.8) is 0 Å². The minimum absolute atomic E-state index is 0.203. The van der Waals surface area contributed by atoms with Gasteiger partial charge in [-0.3, -0.25) is 0 Å². The van der Waals surface area contributed by atoms with Crippen LogP contribution in [0.4, 0.5) is 5.82 Å². The average Bonchev–Trinajstić information content (AvgIpc) is 3.19. The molecular weight excluding hydrogens is 320 g/mol. The highest BCUT2D eigenvalue weighted by Gasteiger charge is 2.32. The molecule has 8 heteroatoms. The predicted octanol–water partition coefficient (Wildman–Crippen LogP) is 2.08. The van der Waals surface area contributed by atoms with Crippen LogP contribution in [0.25, 0.3) is 22.1 Å². The summed E-state index contributed by atoms with van der Waals surface area (Å²) in [4.78, 5) is 10.9. The molecule has 3 aromatic heterocycles. The largest absolute Gasteiger partial charge is 0.450 e. The van der Waals surface area contributed by atoms with Crippen LogP contribution >= 0.6 is 0 Å². The van der Waals surface area contributed by atoms with Crippen molar-refractivity contribution in [3.05, 3.63) is 42.5 Å². The van der Waals surface area contributed by atoms with Gasteiger partial charge >= 0.3 is 0 Å². The molecule has 0 saturated carbocycles. The maximum Gasteiger partial charge on any atom is 0.196 e. The summed E-state index contributed by atoms with van der Waals surface area (Å²) in [5, 5.41) is 18.7.